The minimum atomic E-state index is -0.519. The highest BCUT2D eigenvalue weighted by atomic mass is 79.9. The fourth-order valence-electron chi connectivity index (χ4n) is 2.15. The summed E-state index contributed by atoms with van der Waals surface area (Å²) >= 11 is 4.48. The van der Waals surface area contributed by atoms with E-state index in [4.69, 9.17) is 4.74 Å². The molecule has 1 aromatic carbocycles. The van der Waals surface area contributed by atoms with Crippen LogP contribution in [0.4, 0.5) is 14.2 Å². The molecular formula is C17H18BrFN2O3S. The maximum absolute atomic E-state index is 13.8. The summed E-state index contributed by atoms with van der Waals surface area (Å²) in [4.78, 5) is 25.1. The van der Waals surface area contributed by atoms with Crippen molar-refractivity contribution in [3.05, 3.63) is 50.1 Å². The Bertz CT molecular complexity index is 807. The van der Waals surface area contributed by atoms with Crippen LogP contribution in [0.1, 0.15) is 33.3 Å². The molecule has 2 aromatic rings. The number of nitrogens with one attached hydrogen (secondary N) is 2. The molecule has 1 aromatic heterocycles. The number of esters is 1. The molecular weight excluding hydrogens is 411 g/mol. The summed E-state index contributed by atoms with van der Waals surface area (Å²) in [5.74, 6) is -0.886. The van der Waals surface area contributed by atoms with Gasteiger partial charge in [-0.25, -0.2) is 14.0 Å². The highest BCUT2D eigenvalue weighted by Gasteiger charge is 2.22. The number of halogens is 2. The van der Waals surface area contributed by atoms with Crippen LogP contribution in [0.25, 0.3) is 0 Å². The first kappa shape index (κ1) is 19.4. The van der Waals surface area contributed by atoms with Crippen LogP contribution in [0.2, 0.25) is 0 Å². The first-order chi connectivity index (χ1) is 11.8. The van der Waals surface area contributed by atoms with E-state index in [1.54, 1.807) is 26.0 Å². The molecule has 0 aliphatic heterocycles. The van der Waals surface area contributed by atoms with Crippen LogP contribution in [0.15, 0.2) is 22.7 Å². The number of aryl methyl sites for hydroxylation is 1. The summed E-state index contributed by atoms with van der Waals surface area (Å²) in [6, 6.07) is 4.10. The number of thiophene rings is 1. The van der Waals surface area contributed by atoms with Crippen molar-refractivity contribution >= 4 is 44.3 Å². The van der Waals surface area contributed by atoms with Gasteiger partial charge in [0.15, 0.2) is 0 Å². The molecule has 25 heavy (non-hydrogen) atoms. The summed E-state index contributed by atoms with van der Waals surface area (Å²) < 4.78 is 19.4. The lowest BCUT2D eigenvalue weighted by Crippen LogP contribution is -2.29. The summed E-state index contributed by atoms with van der Waals surface area (Å²) in [5.41, 5.74) is 1.49. The van der Waals surface area contributed by atoms with Crippen molar-refractivity contribution in [1.82, 2.24) is 5.32 Å². The third-order valence-corrected chi connectivity index (χ3v) is 5.16. The van der Waals surface area contributed by atoms with Gasteiger partial charge >= 0.3 is 12.0 Å². The third kappa shape index (κ3) is 4.79. The van der Waals surface area contributed by atoms with Gasteiger partial charge in [-0.15, -0.1) is 11.3 Å². The van der Waals surface area contributed by atoms with Crippen molar-refractivity contribution < 1.29 is 18.7 Å². The Morgan fingerprint density at radius 1 is 1.32 bits per heavy atom. The lowest BCUT2D eigenvalue weighted by molar-refractivity contribution is 0.0527. The minimum absolute atomic E-state index is 0.0308. The maximum Gasteiger partial charge on any atom is 0.341 e. The lowest BCUT2D eigenvalue weighted by Gasteiger charge is -2.09. The van der Waals surface area contributed by atoms with Gasteiger partial charge in [0, 0.05) is 21.5 Å². The average molecular weight is 429 g/mol. The van der Waals surface area contributed by atoms with Crippen molar-refractivity contribution in [3.8, 4) is 0 Å². The first-order valence-corrected chi connectivity index (χ1v) is 9.20. The highest BCUT2D eigenvalue weighted by Crippen LogP contribution is 2.33. The zero-order valence-electron chi connectivity index (χ0n) is 14.0. The molecule has 0 atom stereocenters. The van der Waals surface area contributed by atoms with Crippen molar-refractivity contribution in [2.24, 2.45) is 0 Å². The van der Waals surface area contributed by atoms with E-state index >= 15 is 0 Å². The molecule has 0 radical (unpaired) electrons. The molecule has 0 spiro atoms. The van der Waals surface area contributed by atoms with Crippen LogP contribution in [-0.4, -0.2) is 18.6 Å². The van der Waals surface area contributed by atoms with Crippen molar-refractivity contribution in [1.29, 1.82) is 0 Å². The largest absolute Gasteiger partial charge is 0.462 e. The average Bonchev–Trinajstić information content (AvgIpc) is 2.81. The van der Waals surface area contributed by atoms with Gasteiger partial charge in [-0.1, -0.05) is 22.0 Å². The quantitative estimate of drug-likeness (QED) is 0.674. The fourth-order valence-corrected chi connectivity index (χ4v) is 3.53. The Balaban J connectivity index is 2.08. The maximum atomic E-state index is 13.8. The number of hydrogen-bond acceptors (Lipinski definition) is 4. The monoisotopic (exact) mass is 428 g/mol. The summed E-state index contributed by atoms with van der Waals surface area (Å²) in [7, 11) is 0. The number of ether oxygens (including phenoxy) is 1. The molecule has 0 saturated heterocycles. The van der Waals surface area contributed by atoms with Crippen LogP contribution in [0.5, 0.6) is 0 Å². The number of anilines is 1. The van der Waals surface area contributed by atoms with Gasteiger partial charge in [-0.2, -0.15) is 0 Å². The predicted octanol–water partition coefficient (Wildman–Crippen LogP) is 4.76. The van der Waals surface area contributed by atoms with Gasteiger partial charge in [0.05, 0.1) is 12.2 Å². The van der Waals surface area contributed by atoms with E-state index in [1.807, 2.05) is 6.92 Å². The van der Waals surface area contributed by atoms with Gasteiger partial charge in [0.2, 0.25) is 0 Å². The van der Waals surface area contributed by atoms with E-state index in [9.17, 15) is 14.0 Å². The van der Waals surface area contributed by atoms with Gasteiger partial charge in [-0.3, -0.25) is 5.32 Å². The van der Waals surface area contributed by atoms with E-state index < -0.39 is 17.8 Å². The van der Waals surface area contributed by atoms with Gasteiger partial charge in [0.25, 0.3) is 0 Å². The van der Waals surface area contributed by atoms with E-state index in [2.05, 4.69) is 26.6 Å². The molecule has 0 aliphatic rings. The molecule has 8 heteroatoms. The second-order valence-corrected chi connectivity index (χ2v) is 7.39. The summed E-state index contributed by atoms with van der Waals surface area (Å²) in [6.45, 7) is 5.67. The second kappa shape index (κ2) is 8.44. The standard InChI is InChI=1S/C17H18BrFN2O3S/c1-4-24-16(22)14-9(2)10(3)25-15(14)21-17(23)20-8-11-5-6-12(18)7-13(11)19/h5-7H,4,8H2,1-3H3,(H2,20,21,23). The van der Waals surface area contributed by atoms with E-state index in [0.717, 1.165) is 10.4 Å². The molecule has 0 saturated carbocycles. The van der Waals surface area contributed by atoms with Crippen LogP contribution >= 0.6 is 27.3 Å². The summed E-state index contributed by atoms with van der Waals surface area (Å²) in [5, 5.41) is 5.65. The van der Waals surface area contributed by atoms with E-state index in [1.165, 1.54) is 17.4 Å². The molecule has 0 aliphatic carbocycles. The summed E-state index contributed by atoms with van der Waals surface area (Å²) in [6.07, 6.45) is 0. The zero-order chi connectivity index (χ0) is 18.6. The van der Waals surface area contributed by atoms with Crippen LogP contribution in [0, 0.1) is 19.7 Å². The zero-order valence-corrected chi connectivity index (χ0v) is 16.4. The molecule has 0 bridgehead atoms. The Morgan fingerprint density at radius 3 is 2.68 bits per heavy atom. The smallest absolute Gasteiger partial charge is 0.341 e. The van der Waals surface area contributed by atoms with Crippen molar-refractivity contribution in [2.45, 2.75) is 27.3 Å². The molecule has 2 N–H and O–H groups in total. The van der Waals surface area contributed by atoms with Gasteiger partial charge in [0.1, 0.15) is 10.8 Å². The van der Waals surface area contributed by atoms with Crippen LogP contribution in [-0.2, 0) is 11.3 Å². The van der Waals surface area contributed by atoms with Gasteiger partial charge in [-0.05, 0) is 38.5 Å². The normalized spacial score (nSPS) is 10.4. The molecule has 5 nitrogen and oxygen atoms in total. The van der Waals surface area contributed by atoms with E-state index in [-0.39, 0.29) is 13.2 Å². The third-order valence-electron chi connectivity index (χ3n) is 3.55. The van der Waals surface area contributed by atoms with Crippen LogP contribution in [0.3, 0.4) is 0 Å². The number of amides is 2. The highest BCUT2D eigenvalue weighted by molar-refractivity contribution is 9.10. The fraction of sp³-hybridized carbons (Fsp3) is 0.294. The Labute approximate surface area is 157 Å². The number of carbonyl (C=O) groups is 2. The lowest BCUT2D eigenvalue weighted by atomic mass is 10.1. The van der Waals surface area contributed by atoms with Crippen molar-refractivity contribution in [2.75, 3.05) is 11.9 Å². The van der Waals surface area contributed by atoms with E-state index in [0.29, 0.717) is 20.6 Å². The number of rotatable bonds is 5. The Morgan fingerprint density at radius 2 is 2.04 bits per heavy atom. The van der Waals surface area contributed by atoms with Crippen molar-refractivity contribution in [3.63, 3.8) is 0 Å². The predicted molar refractivity (Wildman–Crippen MR) is 99.7 cm³/mol. The number of urea groups is 1. The molecule has 0 fully saturated rings. The Hall–Kier alpha value is -1.93. The van der Waals surface area contributed by atoms with Gasteiger partial charge < -0.3 is 10.1 Å². The molecule has 1 heterocycles. The second-order valence-electron chi connectivity index (χ2n) is 5.25. The first-order valence-electron chi connectivity index (χ1n) is 7.59. The molecule has 134 valence electrons. The SMILES string of the molecule is CCOC(=O)c1c(NC(=O)NCc2ccc(Br)cc2F)sc(C)c1C. The number of hydrogen-bond donors (Lipinski definition) is 2. The molecule has 2 rings (SSSR count). The molecule has 2 amide bonds. The van der Waals surface area contributed by atoms with Crippen LogP contribution < -0.4 is 10.6 Å². The number of benzene rings is 1. The topological polar surface area (TPSA) is 67.4 Å². The molecule has 0 unspecified atom stereocenters. The number of carbonyl (C=O) groups excluding carboxylic acids is 2. The Kier molecular flexibility index (Phi) is 6.55. The minimum Gasteiger partial charge on any atom is -0.462 e.